The number of anilines is 1. The first-order valence-electron chi connectivity index (χ1n) is 8.95. The zero-order valence-electron chi connectivity index (χ0n) is 15.2. The van der Waals surface area contributed by atoms with Crippen LogP contribution in [-0.4, -0.2) is 32.7 Å². The monoisotopic (exact) mass is 359 g/mol. The molecular formula is C21H21N5O. The molecule has 0 fully saturated rings. The van der Waals surface area contributed by atoms with Crippen molar-refractivity contribution < 1.29 is 4.74 Å². The van der Waals surface area contributed by atoms with Gasteiger partial charge < -0.3 is 10.1 Å². The zero-order valence-corrected chi connectivity index (χ0v) is 15.2. The van der Waals surface area contributed by atoms with E-state index in [2.05, 4.69) is 56.8 Å². The van der Waals surface area contributed by atoms with E-state index in [4.69, 9.17) is 4.74 Å². The van der Waals surface area contributed by atoms with Gasteiger partial charge in [0.15, 0.2) is 0 Å². The van der Waals surface area contributed by atoms with Crippen LogP contribution >= 0.6 is 0 Å². The minimum atomic E-state index is 0.551. The number of nitrogens with zero attached hydrogens (tertiary/aromatic N) is 4. The van der Waals surface area contributed by atoms with Crippen molar-refractivity contribution in [3.8, 4) is 5.75 Å². The first kappa shape index (κ1) is 17.0. The molecule has 27 heavy (non-hydrogen) atoms. The summed E-state index contributed by atoms with van der Waals surface area (Å²) in [6.07, 6.45) is 2.43. The summed E-state index contributed by atoms with van der Waals surface area (Å²) in [4.78, 5) is 8.45. The van der Waals surface area contributed by atoms with Crippen molar-refractivity contribution in [2.45, 2.75) is 13.3 Å². The van der Waals surface area contributed by atoms with Gasteiger partial charge in [-0.3, -0.25) is 0 Å². The molecule has 0 saturated carbocycles. The van der Waals surface area contributed by atoms with E-state index in [-0.39, 0.29) is 0 Å². The maximum Gasteiger partial charge on any atom is 0.254 e. The van der Waals surface area contributed by atoms with E-state index in [1.165, 1.54) is 17.5 Å². The Morgan fingerprint density at radius 1 is 1.00 bits per heavy atom. The maximum absolute atomic E-state index is 5.83. The lowest BCUT2D eigenvalue weighted by Crippen LogP contribution is -2.14. The van der Waals surface area contributed by atoms with E-state index in [9.17, 15) is 0 Å². The van der Waals surface area contributed by atoms with Crippen LogP contribution in [0.1, 0.15) is 16.8 Å². The number of benzene rings is 2. The van der Waals surface area contributed by atoms with Gasteiger partial charge in [-0.2, -0.15) is 14.6 Å². The third-order valence-electron chi connectivity index (χ3n) is 4.23. The predicted molar refractivity (Wildman–Crippen MR) is 105 cm³/mol. The number of fused-ring (bicyclic) bond motifs is 1. The number of rotatable bonds is 7. The third-order valence-corrected chi connectivity index (χ3v) is 4.23. The maximum atomic E-state index is 5.83. The Morgan fingerprint density at radius 3 is 2.59 bits per heavy atom. The minimum absolute atomic E-state index is 0.551. The summed E-state index contributed by atoms with van der Waals surface area (Å²) < 4.78 is 7.52. The van der Waals surface area contributed by atoms with Crippen molar-refractivity contribution in [3.05, 3.63) is 83.8 Å². The van der Waals surface area contributed by atoms with Crippen molar-refractivity contribution in [3.63, 3.8) is 0 Å². The van der Waals surface area contributed by atoms with Gasteiger partial charge in [0.1, 0.15) is 24.5 Å². The molecule has 0 bridgehead atoms. The van der Waals surface area contributed by atoms with Crippen molar-refractivity contribution in [2.24, 2.45) is 0 Å². The normalized spacial score (nSPS) is 10.9. The summed E-state index contributed by atoms with van der Waals surface area (Å²) in [6.45, 7) is 3.15. The van der Waals surface area contributed by atoms with Crippen LogP contribution in [0.15, 0.2) is 67.0 Å². The molecule has 2 aromatic carbocycles. The molecule has 0 radical (unpaired) electrons. The average molecular weight is 359 g/mol. The Kier molecular flexibility index (Phi) is 4.96. The first-order chi connectivity index (χ1) is 13.3. The number of ether oxygens (including phenoxy) is 1. The lowest BCUT2D eigenvalue weighted by atomic mass is 10.1. The fourth-order valence-electron chi connectivity index (χ4n) is 2.94. The van der Waals surface area contributed by atoms with E-state index in [0.29, 0.717) is 18.9 Å². The number of aryl methyl sites for hydroxylation is 1. The fourth-order valence-corrected chi connectivity index (χ4v) is 2.94. The third kappa shape index (κ3) is 4.23. The van der Waals surface area contributed by atoms with Gasteiger partial charge in [0.2, 0.25) is 0 Å². The average Bonchev–Trinajstić information content (AvgIpc) is 3.15. The highest BCUT2D eigenvalue weighted by atomic mass is 16.5. The molecule has 0 aliphatic rings. The van der Waals surface area contributed by atoms with Gasteiger partial charge in [-0.15, -0.1) is 0 Å². The Morgan fingerprint density at radius 2 is 1.78 bits per heavy atom. The Balaban J connectivity index is 1.29. The molecule has 0 atom stereocenters. The van der Waals surface area contributed by atoms with Gasteiger partial charge in [0.25, 0.3) is 5.78 Å². The van der Waals surface area contributed by atoms with Gasteiger partial charge >= 0.3 is 0 Å². The second-order valence-corrected chi connectivity index (χ2v) is 6.34. The number of aromatic nitrogens is 4. The highest BCUT2D eigenvalue weighted by Crippen LogP contribution is 2.15. The molecular weight excluding hydrogens is 338 g/mol. The molecule has 6 nitrogen and oxygen atoms in total. The van der Waals surface area contributed by atoms with Crippen LogP contribution < -0.4 is 10.1 Å². The smallest absolute Gasteiger partial charge is 0.254 e. The van der Waals surface area contributed by atoms with Crippen LogP contribution in [0.4, 0.5) is 5.82 Å². The quantitative estimate of drug-likeness (QED) is 0.512. The SMILES string of the molecule is Cc1cc(NCCOc2ccc(Cc3ccccc3)cc2)n2ncnc2n1. The van der Waals surface area contributed by atoms with Crippen molar-refractivity contribution in [1.82, 2.24) is 19.6 Å². The van der Waals surface area contributed by atoms with Crippen LogP contribution in [0.3, 0.4) is 0 Å². The topological polar surface area (TPSA) is 64.3 Å². The zero-order chi connectivity index (χ0) is 18.5. The van der Waals surface area contributed by atoms with E-state index in [1.54, 1.807) is 4.52 Å². The molecule has 0 unspecified atom stereocenters. The molecule has 4 rings (SSSR count). The van der Waals surface area contributed by atoms with Crippen LogP contribution in [0, 0.1) is 6.92 Å². The highest BCUT2D eigenvalue weighted by Gasteiger charge is 2.05. The lowest BCUT2D eigenvalue weighted by Gasteiger charge is -2.10. The molecule has 2 heterocycles. The molecule has 0 spiro atoms. The molecule has 2 aromatic heterocycles. The summed E-state index contributed by atoms with van der Waals surface area (Å²) in [5.74, 6) is 2.31. The highest BCUT2D eigenvalue weighted by molar-refractivity contribution is 5.44. The van der Waals surface area contributed by atoms with E-state index in [1.807, 2.05) is 31.2 Å². The molecule has 0 aliphatic carbocycles. The number of hydrogen-bond acceptors (Lipinski definition) is 5. The molecule has 4 aromatic rings. The Labute approximate surface area is 157 Å². The second kappa shape index (κ2) is 7.86. The molecule has 6 heteroatoms. The molecule has 0 amide bonds. The molecule has 0 saturated heterocycles. The van der Waals surface area contributed by atoms with Gasteiger partial charge in [-0.25, -0.2) is 4.98 Å². The van der Waals surface area contributed by atoms with Crippen molar-refractivity contribution >= 4 is 11.6 Å². The molecule has 1 N–H and O–H groups in total. The summed E-state index contributed by atoms with van der Waals surface area (Å²) in [5, 5.41) is 7.50. The van der Waals surface area contributed by atoms with E-state index >= 15 is 0 Å². The number of nitrogens with one attached hydrogen (secondary N) is 1. The minimum Gasteiger partial charge on any atom is -0.492 e. The van der Waals surface area contributed by atoms with Crippen molar-refractivity contribution in [2.75, 3.05) is 18.5 Å². The van der Waals surface area contributed by atoms with Crippen LogP contribution in [0.2, 0.25) is 0 Å². The van der Waals surface area contributed by atoms with Crippen LogP contribution in [0.5, 0.6) is 5.75 Å². The van der Waals surface area contributed by atoms with Crippen molar-refractivity contribution in [1.29, 1.82) is 0 Å². The Hall–Kier alpha value is -3.41. The largest absolute Gasteiger partial charge is 0.492 e. The summed E-state index contributed by atoms with van der Waals surface area (Å²) in [6, 6.07) is 20.7. The van der Waals surface area contributed by atoms with E-state index in [0.717, 1.165) is 23.7 Å². The summed E-state index contributed by atoms with van der Waals surface area (Å²) in [5.41, 5.74) is 3.47. The van der Waals surface area contributed by atoms with E-state index < -0.39 is 0 Å². The van der Waals surface area contributed by atoms with Gasteiger partial charge in [-0.1, -0.05) is 42.5 Å². The summed E-state index contributed by atoms with van der Waals surface area (Å²) >= 11 is 0. The fraction of sp³-hybridized carbons (Fsp3) is 0.190. The predicted octanol–water partition coefficient (Wildman–Crippen LogP) is 3.51. The second-order valence-electron chi connectivity index (χ2n) is 6.34. The van der Waals surface area contributed by atoms with Gasteiger partial charge in [0.05, 0.1) is 6.54 Å². The summed E-state index contributed by atoms with van der Waals surface area (Å²) in [7, 11) is 0. The van der Waals surface area contributed by atoms with Crippen LogP contribution in [-0.2, 0) is 6.42 Å². The molecule has 136 valence electrons. The standard InChI is InChI=1S/C21H21N5O/c1-16-13-20(26-21(25-16)23-15-24-26)22-11-12-27-19-9-7-18(8-10-19)14-17-5-3-2-4-6-17/h2-10,13,15,22H,11-12,14H2,1H3. The van der Waals surface area contributed by atoms with Gasteiger partial charge in [-0.05, 0) is 36.6 Å². The molecule has 0 aliphatic heterocycles. The number of hydrogen-bond donors (Lipinski definition) is 1. The van der Waals surface area contributed by atoms with Gasteiger partial charge in [0, 0.05) is 11.8 Å². The van der Waals surface area contributed by atoms with Crippen LogP contribution in [0.25, 0.3) is 5.78 Å². The first-order valence-corrected chi connectivity index (χ1v) is 8.95. The lowest BCUT2D eigenvalue weighted by molar-refractivity contribution is 0.332. The Bertz CT molecular complexity index is 1010.